The third-order valence-corrected chi connectivity index (χ3v) is 3.73. The zero-order valence-corrected chi connectivity index (χ0v) is 12.3. The number of anilines is 1. The predicted octanol–water partition coefficient (Wildman–Crippen LogP) is 3.91. The van der Waals surface area contributed by atoms with Gasteiger partial charge in [-0.1, -0.05) is 12.1 Å². The first kappa shape index (κ1) is 14.5. The van der Waals surface area contributed by atoms with E-state index in [0.717, 1.165) is 6.07 Å². The smallest absolute Gasteiger partial charge is 0.186 e. The number of aromatic nitrogens is 3. The summed E-state index contributed by atoms with van der Waals surface area (Å²) in [6, 6.07) is 8.59. The van der Waals surface area contributed by atoms with Crippen LogP contribution >= 0.6 is 0 Å². The van der Waals surface area contributed by atoms with Crippen molar-refractivity contribution in [1.29, 1.82) is 0 Å². The van der Waals surface area contributed by atoms with Gasteiger partial charge in [0.15, 0.2) is 23.1 Å². The van der Waals surface area contributed by atoms with Crippen molar-refractivity contribution in [3.8, 4) is 0 Å². The van der Waals surface area contributed by atoms with Crippen molar-refractivity contribution in [2.45, 2.75) is 6.54 Å². The summed E-state index contributed by atoms with van der Waals surface area (Å²) in [7, 11) is 0. The second-order valence-electron chi connectivity index (χ2n) is 5.29. The predicted molar refractivity (Wildman–Crippen MR) is 84.1 cm³/mol. The number of benzene rings is 2. The van der Waals surface area contributed by atoms with E-state index in [9.17, 15) is 13.2 Å². The van der Waals surface area contributed by atoms with Crippen LogP contribution in [0.15, 0.2) is 48.8 Å². The van der Waals surface area contributed by atoms with Crippen LogP contribution in [0.1, 0.15) is 5.56 Å². The van der Waals surface area contributed by atoms with Crippen molar-refractivity contribution < 1.29 is 13.2 Å². The first-order valence-corrected chi connectivity index (χ1v) is 7.22. The molecule has 0 spiro atoms. The van der Waals surface area contributed by atoms with Crippen molar-refractivity contribution in [2.75, 3.05) is 5.32 Å². The average Bonchev–Trinajstić information content (AvgIpc) is 3.06. The van der Waals surface area contributed by atoms with E-state index < -0.39 is 11.6 Å². The maximum atomic E-state index is 14.1. The van der Waals surface area contributed by atoms with Gasteiger partial charge in [0.2, 0.25) is 0 Å². The first-order chi connectivity index (χ1) is 11.6. The van der Waals surface area contributed by atoms with Gasteiger partial charge in [-0.2, -0.15) is 0 Å². The molecule has 0 saturated heterocycles. The summed E-state index contributed by atoms with van der Waals surface area (Å²) in [5.41, 5.74) is 1.49. The van der Waals surface area contributed by atoms with Gasteiger partial charge < -0.3 is 5.32 Å². The van der Waals surface area contributed by atoms with E-state index in [-0.39, 0.29) is 17.9 Å². The molecule has 24 heavy (non-hydrogen) atoms. The Hall–Kier alpha value is -3.09. The third-order valence-electron chi connectivity index (χ3n) is 3.73. The molecular formula is C17H11F3N4. The summed E-state index contributed by atoms with van der Waals surface area (Å²) in [6.45, 7) is 0.274. The van der Waals surface area contributed by atoms with Crippen LogP contribution in [0.2, 0.25) is 0 Å². The van der Waals surface area contributed by atoms with Gasteiger partial charge in [0.1, 0.15) is 11.3 Å². The highest BCUT2D eigenvalue weighted by Crippen LogP contribution is 2.24. The maximum Gasteiger partial charge on any atom is 0.186 e. The molecule has 0 aliphatic rings. The molecule has 4 nitrogen and oxygen atoms in total. The van der Waals surface area contributed by atoms with E-state index in [0.29, 0.717) is 22.5 Å². The largest absolute Gasteiger partial charge is 0.363 e. The van der Waals surface area contributed by atoms with Crippen LogP contribution in [-0.4, -0.2) is 14.4 Å². The second kappa shape index (κ2) is 5.52. The Morgan fingerprint density at radius 3 is 2.79 bits per heavy atom. The molecule has 1 N–H and O–H groups in total. The molecular weight excluding hydrogens is 317 g/mol. The van der Waals surface area contributed by atoms with Crippen LogP contribution in [0.4, 0.5) is 19.0 Å². The molecule has 2 aromatic carbocycles. The minimum absolute atomic E-state index is 0.0951. The summed E-state index contributed by atoms with van der Waals surface area (Å²) < 4.78 is 42.5. The van der Waals surface area contributed by atoms with E-state index in [1.807, 2.05) is 0 Å². The lowest BCUT2D eigenvalue weighted by Gasteiger charge is -2.10. The summed E-state index contributed by atoms with van der Waals surface area (Å²) in [5.74, 6) is -2.04. The molecule has 0 aliphatic carbocycles. The molecule has 0 unspecified atom stereocenters. The van der Waals surface area contributed by atoms with Crippen LogP contribution in [-0.2, 0) is 6.54 Å². The molecule has 0 amide bonds. The van der Waals surface area contributed by atoms with Crippen molar-refractivity contribution in [1.82, 2.24) is 14.4 Å². The first-order valence-electron chi connectivity index (χ1n) is 7.22. The average molecular weight is 328 g/mol. The highest BCUT2D eigenvalue weighted by Gasteiger charge is 2.15. The molecule has 0 radical (unpaired) electrons. The van der Waals surface area contributed by atoms with Gasteiger partial charge >= 0.3 is 0 Å². The number of halogens is 3. The summed E-state index contributed by atoms with van der Waals surface area (Å²) in [6.07, 6.45) is 3.19. The molecule has 4 rings (SSSR count). The Balaban J connectivity index is 1.81. The van der Waals surface area contributed by atoms with Crippen LogP contribution in [0.5, 0.6) is 0 Å². The Kier molecular flexibility index (Phi) is 3.34. The monoisotopic (exact) mass is 328 g/mol. The topological polar surface area (TPSA) is 42.2 Å². The Morgan fingerprint density at radius 2 is 1.96 bits per heavy atom. The molecule has 7 heteroatoms. The molecule has 0 fully saturated rings. The van der Waals surface area contributed by atoms with Gasteiger partial charge in [0.25, 0.3) is 0 Å². The fourth-order valence-electron chi connectivity index (χ4n) is 2.62. The van der Waals surface area contributed by atoms with Crippen molar-refractivity contribution in [3.63, 3.8) is 0 Å². The van der Waals surface area contributed by atoms with E-state index >= 15 is 0 Å². The molecule has 120 valence electrons. The Bertz CT molecular complexity index is 1060. The molecule has 2 aromatic heterocycles. The lowest BCUT2D eigenvalue weighted by molar-refractivity contribution is 0.515. The van der Waals surface area contributed by atoms with Gasteiger partial charge in [-0.15, -0.1) is 0 Å². The van der Waals surface area contributed by atoms with Crippen LogP contribution < -0.4 is 5.32 Å². The van der Waals surface area contributed by atoms with Gasteiger partial charge in [-0.3, -0.25) is 4.40 Å². The Morgan fingerprint density at radius 1 is 1.08 bits per heavy atom. The lowest BCUT2D eigenvalue weighted by Crippen LogP contribution is -2.06. The number of nitrogens with zero attached hydrogens (tertiary/aromatic N) is 3. The summed E-state index contributed by atoms with van der Waals surface area (Å²) in [5, 5.41) is 3.01. The van der Waals surface area contributed by atoms with E-state index in [2.05, 4.69) is 15.3 Å². The summed E-state index contributed by atoms with van der Waals surface area (Å²) >= 11 is 0. The van der Waals surface area contributed by atoms with E-state index in [4.69, 9.17) is 0 Å². The number of fused-ring (bicyclic) bond motifs is 3. The van der Waals surface area contributed by atoms with E-state index in [1.165, 1.54) is 18.2 Å². The minimum Gasteiger partial charge on any atom is -0.363 e. The van der Waals surface area contributed by atoms with Crippen molar-refractivity contribution in [2.24, 2.45) is 0 Å². The SMILES string of the molecule is Fc1cccc(CNc2nc3c(F)c(F)ccc3n3ccnc23)c1. The minimum atomic E-state index is -1.02. The lowest BCUT2D eigenvalue weighted by atomic mass is 10.2. The van der Waals surface area contributed by atoms with Crippen LogP contribution in [0.3, 0.4) is 0 Å². The molecule has 4 aromatic rings. The highest BCUT2D eigenvalue weighted by atomic mass is 19.2. The third kappa shape index (κ3) is 2.34. The maximum absolute atomic E-state index is 14.1. The number of rotatable bonds is 3. The normalized spacial score (nSPS) is 11.3. The fourth-order valence-corrected chi connectivity index (χ4v) is 2.62. The Labute approximate surface area is 134 Å². The number of hydrogen-bond acceptors (Lipinski definition) is 3. The zero-order valence-electron chi connectivity index (χ0n) is 12.3. The van der Waals surface area contributed by atoms with Gasteiger partial charge in [0.05, 0.1) is 5.52 Å². The van der Waals surface area contributed by atoms with Crippen LogP contribution in [0.25, 0.3) is 16.7 Å². The van der Waals surface area contributed by atoms with Crippen molar-refractivity contribution >= 4 is 22.5 Å². The number of imidazole rings is 1. The second-order valence-corrected chi connectivity index (χ2v) is 5.29. The van der Waals surface area contributed by atoms with Gasteiger partial charge in [-0.05, 0) is 29.8 Å². The van der Waals surface area contributed by atoms with Crippen LogP contribution in [0, 0.1) is 17.5 Å². The molecule has 0 bridgehead atoms. The molecule has 0 aliphatic heterocycles. The standard InChI is InChI=1S/C17H11F3N4/c18-11-3-1-2-10(8-11)9-22-16-17-21-6-7-24(17)13-5-4-12(19)14(20)15(13)23-16/h1-8H,9H2,(H,22,23). The highest BCUT2D eigenvalue weighted by molar-refractivity contribution is 5.83. The zero-order chi connectivity index (χ0) is 16.7. The number of nitrogens with one attached hydrogen (secondary N) is 1. The quantitative estimate of drug-likeness (QED) is 0.620. The van der Waals surface area contributed by atoms with Crippen molar-refractivity contribution in [3.05, 3.63) is 71.8 Å². The van der Waals surface area contributed by atoms with E-state index in [1.54, 1.807) is 28.9 Å². The molecule has 0 saturated carbocycles. The van der Waals surface area contributed by atoms with Gasteiger partial charge in [0, 0.05) is 18.9 Å². The number of hydrogen-bond donors (Lipinski definition) is 1. The molecule has 0 atom stereocenters. The summed E-state index contributed by atoms with van der Waals surface area (Å²) in [4.78, 5) is 8.37. The molecule has 2 heterocycles. The van der Waals surface area contributed by atoms with Gasteiger partial charge in [-0.25, -0.2) is 23.1 Å². The fraction of sp³-hybridized carbons (Fsp3) is 0.0588.